The molecule has 0 aromatic carbocycles. The fourth-order valence-electron chi connectivity index (χ4n) is 1.88. The van der Waals surface area contributed by atoms with Gasteiger partial charge < -0.3 is 4.90 Å². The first-order chi connectivity index (χ1) is 7.68. The summed E-state index contributed by atoms with van der Waals surface area (Å²) in [4.78, 5) is 17.8. The van der Waals surface area contributed by atoms with E-state index >= 15 is 0 Å². The van der Waals surface area contributed by atoms with Gasteiger partial charge in [-0.15, -0.1) is 11.6 Å². The number of amides is 1. The maximum Gasteiger partial charge on any atom is 0.254 e. The number of hydrogen-bond acceptors (Lipinski definition) is 2. The van der Waals surface area contributed by atoms with Crippen LogP contribution in [0.1, 0.15) is 23.7 Å². The van der Waals surface area contributed by atoms with Crippen LogP contribution < -0.4 is 0 Å². The molecule has 16 heavy (non-hydrogen) atoms. The molecule has 3 nitrogen and oxygen atoms in total. The van der Waals surface area contributed by atoms with E-state index in [0.29, 0.717) is 18.0 Å². The van der Waals surface area contributed by atoms with Crippen molar-refractivity contribution in [3.8, 4) is 0 Å². The van der Waals surface area contributed by atoms with E-state index < -0.39 is 0 Å². The normalized spacial score (nSPS) is 25.5. The molecule has 0 aliphatic carbocycles. The Bertz CT molecular complexity index is 369. The Morgan fingerprint density at radius 2 is 2.19 bits per heavy atom. The van der Waals surface area contributed by atoms with E-state index in [0.717, 1.165) is 13.0 Å². The van der Waals surface area contributed by atoms with Gasteiger partial charge in [0.2, 0.25) is 0 Å². The second-order valence-electron chi connectivity index (χ2n) is 4.27. The maximum absolute atomic E-state index is 12.1. The second kappa shape index (κ2) is 4.83. The number of carbonyl (C=O) groups is 1. The predicted molar refractivity (Wildman–Crippen MR) is 63.6 cm³/mol. The number of rotatable bonds is 1. The van der Waals surface area contributed by atoms with Gasteiger partial charge in [0.25, 0.3) is 5.91 Å². The average Bonchev–Trinajstić information content (AvgIpc) is 2.33. The highest BCUT2D eigenvalue weighted by Crippen LogP contribution is 2.22. The van der Waals surface area contributed by atoms with E-state index in [1.54, 1.807) is 24.5 Å². The number of aromatic nitrogens is 1. The molecule has 2 unspecified atom stereocenters. The largest absolute Gasteiger partial charge is 0.337 e. The van der Waals surface area contributed by atoms with Crippen LogP contribution in [0.15, 0.2) is 24.5 Å². The lowest BCUT2D eigenvalue weighted by Crippen LogP contribution is -2.43. The summed E-state index contributed by atoms with van der Waals surface area (Å²) >= 11 is 6.19. The van der Waals surface area contributed by atoms with Crippen LogP contribution in [0.3, 0.4) is 0 Å². The third-order valence-corrected chi connectivity index (χ3v) is 3.65. The summed E-state index contributed by atoms with van der Waals surface area (Å²) in [6.45, 7) is 3.57. The summed E-state index contributed by atoms with van der Waals surface area (Å²) in [6.07, 6.45) is 4.25. The smallest absolute Gasteiger partial charge is 0.254 e. The van der Waals surface area contributed by atoms with Crippen molar-refractivity contribution < 1.29 is 4.79 Å². The van der Waals surface area contributed by atoms with Crippen LogP contribution in [0.25, 0.3) is 0 Å². The maximum atomic E-state index is 12.1. The van der Waals surface area contributed by atoms with E-state index in [-0.39, 0.29) is 11.3 Å². The Morgan fingerprint density at radius 1 is 1.50 bits per heavy atom. The van der Waals surface area contributed by atoms with E-state index in [1.165, 1.54) is 0 Å². The van der Waals surface area contributed by atoms with Gasteiger partial charge >= 0.3 is 0 Å². The van der Waals surface area contributed by atoms with Crippen LogP contribution in [-0.4, -0.2) is 34.3 Å². The summed E-state index contributed by atoms with van der Waals surface area (Å²) in [5.74, 6) is 0.545. The molecule has 4 heteroatoms. The zero-order chi connectivity index (χ0) is 11.5. The summed E-state index contributed by atoms with van der Waals surface area (Å²) in [6, 6.07) is 3.48. The molecule has 2 rings (SSSR count). The highest BCUT2D eigenvalue weighted by Gasteiger charge is 2.27. The van der Waals surface area contributed by atoms with Gasteiger partial charge in [0.15, 0.2) is 0 Å². The van der Waals surface area contributed by atoms with Crippen molar-refractivity contribution in [3.63, 3.8) is 0 Å². The van der Waals surface area contributed by atoms with Crippen LogP contribution in [-0.2, 0) is 0 Å². The van der Waals surface area contributed by atoms with Gasteiger partial charge in [-0.05, 0) is 24.5 Å². The fourth-order valence-corrected chi connectivity index (χ4v) is 2.18. The lowest BCUT2D eigenvalue weighted by atomic mass is 9.98. The average molecular weight is 239 g/mol. The minimum absolute atomic E-state index is 0.0555. The summed E-state index contributed by atoms with van der Waals surface area (Å²) in [7, 11) is 0. The molecule has 0 bridgehead atoms. The standard InChI is InChI=1S/C12H15ClN2O/c1-9-4-7-15(8-11(9)13)12(16)10-2-5-14-6-3-10/h2-3,5-6,9,11H,4,7-8H2,1H3. The van der Waals surface area contributed by atoms with Crippen molar-refractivity contribution in [2.75, 3.05) is 13.1 Å². The van der Waals surface area contributed by atoms with Gasteiger partial charge in [0.1, 0.15) is 0 Å². The minimum atomic E-state index is 0.0555. The van der Waals surface area contributed by atoms with E-state index in [4.69, 9.17) is 11.6 Å². The molecule has 0 N–H and O–H groups in total. The Labute approximate surface area is 100 Å². The minimum Gasteiger partial charge on any atom is -0.337 e. The number of pyridine rings is 1. The highest BCUT2D eigenvalue weighted by atomic mass is 35.5. The van der Waals surface area contributed by atoms with Crippen molar-refractivity contribution in [2.45, 2.75) is 18.7 Å². The first-order valence-electron chi connectivity index (χ1n) is 5.52. The van der Waals surface area contributed by atoms with Gasteiger partial charge in [-0.3, -0.25) is 9.78 Å². The zero-order valence-corrected chi connectivity index (χ0v) is 10.0. The molecule has 1 saturated heterocycles. The van der Waals surface area contributed by atoms with Gasteiger partial charge in [-0.1, -0.05) is 6.92 Å². The Kier molecular flexibility index (Phi) is 3.44. The summed E-state index contributed by atoms with van der Waals surface area (Å²) < 4.78 is 0. The van der Waals surface area contributed by atoms with Gasteiger partial charge in [-0.2, -0.15) is 0 Å². The molecule has 1 amide bonds. The van der Waals surface area contributed by atoms with Crippen LogP contribution in [0, 0.1) is 5.92 Å². The molecule has 1 aromatic rings. The lowest BCUT2D eigenvalue weighted by molar-refractivity contribution is 0.0701. The topological polar surface area (TPSA) is 33.2 Å². The highest BCUT2D eigenvalue weighted by molar-refractivity contribution is 6.21. The molecular weight excluding hydrogens is 224 g/mol. The molecular formula is C12H15ClN2O. The number of nitrogens with zero attached hydrogens (tertiary/aromatic N) is 2. The Morgan fingerprint density at radius 3 is 2.81 bits per heavy atom. The number of likely N-dealkylation sites (tertiary alicyclic amines) is 1. The van der Waals surface area contributed by atoms with Gasteiger partial charge in [-0.25, -0.2) is 0 Å². The number of carbonyl (C=O) groups excluding carboxylic acids is 1. The number of halogens is 1. The first kappa shape index (κ1) is 11.4. The third-order valence-electron chi connectivity index (χ3n) is 3.08. The molecule has 1 aliphatic rings. The van der Waals surface area contributed by atoms with E-state index in [9.17, 15) is 4.79 Å². The second-order valence-corrected chi connectivity index (χ2v) is 4.83. The number of piperidine rings is 1. The number of alkyl halides is 1. The van der Waals surface area contributed by atoms with Crippen molar-refractivity contribution in [1.82, 2.24) is 9.88 Å². The van der Waals surface area contributed by atoms with Crippen LogP contribution in [0.4, 0.5) is 0 Å². The molecule has 0 radical (unpaired) electrons. The van der Waals surface area contributed by atoms with Gasteiger partial charge in [0, 0.05) is 31.0 Å². The van der Waals surface area contributed by atoms with Crippen LogP contribution >= 0.6 is 11.6 Å². The molecule has 1 fully saturated rings. The number of hydrogen-bond donors (Lipinski definition) is 0. The van der Waals surface area contributed by atoms with Crippen molar-refractivity contribution in [2.24, 2.45) is 5.92 Å². The lowest BCUT2D eigenvalue weighted by Gasteiger charge is -2.34. The van der Waals surface area contributed by atoms with Crippen molar-refractivity contribution in [1.29, 1.82) is 0 Å². The van der Waals surface area contributed by atoms with Crippen molar-refractivity contribution in [3.05, 3.63) is 30.1 Å². The van der Waals surface area contributed by atoms with E-state index in [2.05, 4.69) is 11.9 Å². The summed E-state index contributed by atoms with van der Waals surface area (Å²) in [5.41, 5.74) is 0.688. The molecule has 2 atom stereocenters. The molecule has 2 heterocycles. The molecule has 86 valence electrons. The van der Waals surface area contributed by atoms with Crippen LogP contribution in [0.5, 0.6) is 0 Å². The quantitative estimate of drug-likeness (QED) is 0.703. The zero-order valence-electron chi connectivity index (χ0n) is 9.27. The fraction of sp³-hybridized carbons (Fsp3) is 0.500. The van der Waals surface area contributed by atoms with Crippen LogP contribution in [0.2, 0.25) is 0 Å². The Hall–Kier alpha value is -1.09. The summed E-state index contributed by atoms with van der Waals surface area (Å²) in [5, 5.41) is 0.0690. The SMILES string of the molecule is CC1CCN(C(=O)c2ccncc2)CC1Cl. The molecule has 0 spiro atoms. The van der Waals surface area contributed by atoms with Gasteiger partial charge in [0.05, 0.1) is 5.38 Å². The first-order valence-corrected chi connectivity index (χ1v) is 5.95. The van der Waals surface area contributed by atoms with E-state index in [1.807, 2.05) is 4.90 Å². The monoisotopic (exact) mass is 238 g/mol. The predicted octanol–water partition coefficient (Wildman–Crippen LogP) is 2.17. The van der Waals surface area contributed by atoms with Crippen molar-refractivity contribution >= 4 is 17.5 Å². The Balaban J connectivity index is 2.06. The molecule has 1 aromatic heterocycles. The molecule has 1 aliphatic heterocycles. The molecule has 0 saturated carbocycles. The third kappa shape index (κ3) is 2.35.